The van der Waals surface area contributed by atoms with Crippen molar-refractivity contribution >= 4 is 34.8 Å². The minimum absolute atomic E-state index is 0.271. The number of aliphatic hydroxyl groups excluding tert-OH is 1. The maximum Gasteiger partial charge on any atom is 0.274 e. The van der Waals surface area contributed by atoms with E-state index in [2.05, 4.69) is 32.4 Å². The van der Waals surface area contributed by atoms with Gasteiger partial charge in [-0.05, 0) is 66.8 Å². The molecule has 40 heavy (non-hydrogen) atoms. The Hall–Kier alpha value is -4.11. The molecule has 0 saturated carbocycles. The van der Waals surface area contributed by atoms with Crippen molar-refractivity contribution < 1.29 is 14.7 Å². The molecule has 1 saturated heterocycles. The first kappa shape index (κ1) is 27.5. The summed E-state index contributed by atoms with van der Waals surface area (Å²) in [5.41, 5.74) is 5.68. The lowest BCUT2D eigenvalue weighted by Gasteiger charge is -2.16. The maximum absolute atomic E-state index is 13.0. The van der Waals surface area contributed by atoms with Gasteiger partial charge in [-0.25, -0.2) is 0 Å². The third-order valence-electron chi connectivity index (χ3n) is 6.89. The Kier molecular flexibility index (Phi) is 8.21. The molecular formula is C31H29ClN5O3. The fourth-order valence-corrected chi connectivity index (χ4v) is 4.97. The van der Waals surface area contributed by atoms with Crippen LogP contribution in [0, 0.1) is 13.8 Å². The van der Waals surface area contributed by atoms with Crippen LogP contribution < -0.4 is 10.6 Å². The van der Waals surface area contributed by atoms with Crippen LogP contribution in [-0.4, -0.2) is 51.0 Å². The van der Waals surface area contributed by atoms with Crippen LogP contribution in [0.1, 0.15) is 44.1 Å². The normalized spacial score (nSPS) is 15.2. The molecule has 1 aliphatic rings. The van der Waals surface area contributed by atoms with Gasteiger partial charge in [0.05, 0.1) is 16.8 Å². The molecule has 1 atom stereocenters. The zero-order chi connectivity index (χ0) is 28.2. The molecule has 2 aromatic heterocycles. The number of benzene rings is 2. The number of nitrogens with one attached hydrogen (secondary N) is 2. The van der Waals surface area contributed by atoms with E-state index >= 15 is 0 Å². The highest BCUT2D eigenvalue weighted by Crippen LogP contribution is 2.37. The van der Waals surface area contributed by atoms with Crippen LogP contribution in [-0.2, 0) is 6.54 Å². The Morgan fingerprint density at radius 3 is 2.23 bits per heavy atom. The molecule has 2 amide bonds. The average molecular weight is 555 g/mol. The first-order valence-corrected chi connectivity index (χ1v) is 13.3. The summed E-state index contributed by atoms with van der Waals surface area (Å²) in [6.07, 6.45) is 3.72. The van der Waals surface area contributed by atoms with E-state index in [0.29, 0.717) is 35.1 Å². The molecule has 3 heterocycles. The molecule has 8 nitrogen and oxygen atoms in total. The monoisotopic (exact) mass is 554 g/mol. The van der Waals surface area contributed by atoms with Crippen LogP contribution in [0.2, 0.25) is 5.02 Å². The molecule has 0 spiro atoms. The Morgan fingerprint density at radius 1 is 0.950 bits per heavy atom. The van der Waals surface area contributed by atoms with Crippen molar-refractivity contribution in [3.63, 3.8) is 0 Å². The molecule has 203 valence electrons. The fourth-order valence-electron chi connectivity index (χ4n) is 4.70. The van der Waals surface area contributed by atoms with Crippen molar-refractivity contribution in [2.75, 3.05) is 23.7 Å². The average Bonchev–Trinajstić information content (AvgIpc) is 3.36. The number of likely N-dealkylation sites (tertiary alicyclic amines) is 1. The van der Waals surface area contributed by atoms with E-state index in [1.165, 1.54) is 0 Å². The van der Waals surface area contributed by atoms with Crippen molar-refractivity contribution in [2.45, 2.75) is 26.0 Å². The van der Waals surface area contributed by atoms with Crippen molar-refractivity contribution in [1.82, 2.24) is 14.9 Å². The summed E-state index contributed by atoms with van der Waals surface area (Å²) >= 11 is 6.78. The summed E-state index contributed by atoms with van der Waals surface area (Å²) in [6.45, 7) is 7.86. The van der Waals surface area contributed by atoms with Gasteiger partial charge < -0.3 is 15.7 Å². The van der Waals surface area contributed by atoms with E-state index in [1.807, 2.05) is 43.3 Å². The Morgan fingerprint density at radius 2 is 1.60 bits per heavy atom. The summed E-state index contributed by atoms with van der Waals surface area (Å²) < 4.78 is 0. The van der Waals surface area contributed by atoms with Gasteiger partial charge in [-0.2, -0.15) is 0 Å². The summed E-state index contributed by atoms with van der Waals surface area (Å²) in [6, 6.07) is 17.9. The molecule has 3 N–H and O–H groups in total. The highest BCUT2D eigenvalue weighted by atomic mass is 35.5. The quantitative estimate of drug-likeness (QED) is 0.284. The number of pyridine rings is 2. The SMILES string of the molecule is [CH2]c1ccc(C(=O)Nc2cccc(-c3cccc(NC(=O)c4ccc(CN5CC[C@@H](O)C5)cn4)c3Cl)c2C)nc1. The van der Waals surface area contributed by atoms with E-state index in [4.69, 9.17) is 11.6 Å². The van der Waals surface area contributed by atoms with Crippen LogP contribution >= 0.6 is 11.6 Å². The van der Waals surface area contributed by atoms with Crippen LogP contribution in [0.25, 0.3) is 11.1 Å². The van der Waals surface area contributed by atoms with E-state index in [-0.39, 0.29) is 29.3 Å². The second-order valence-electron chi connectivity index (χ2n) is 9.83. The molecule has 2 aromatic carbocycles. The van der Waals surface area contributed by atoms with Crippen LogP contribution in [0.15, 0.2) is 73.1 Å². The molecule has 0 bridgehead atoms. The number of hydrogen-bond acceptors (Lipinski definition) is 6. The topological polar surface area (TPSA) is 107 Å². The van der Waals surface area contributed by atoms with Gasteiger partial charge in [0.15, 0.2) is 0 Å². The Balaban J connectivity index is 1.31. The van der Waals surface area contributed by atoms with E-state index in [0.717, 1.165) is 35.2 Å². The summed E-state index contributed by atoms with van der Waals surface area (Å²) in [7, 11) is 0. The number of carbonyl (C=O) groups excluding carboxylic acids is 2. The van der Waals surface area contributed by atoms with Gasteiger partial charge in [-0.3, -0.25) is 24.5 Å². The molecule has 1 fully saturated rings. The lowest BCUT2D eigenvalue weighted by molar-refractivity contribution is 0.101. The molecule has 4 aromatic rings. The zero-order valence-electron chi connectivity index (χ0n) is 22.0. The van der Waals surface area contributed by atoms with Crippen LogP contribution in [0.4, 0.5) is 11.4 Å². The van der Waals surface area contributed by atoms with E-state index in [9.17, 15) is 14.7 Å². The summed E-state index contributed by atoms with van der Waals surface area (Å²) in [4.78, 5) is 36.4. The predicted molar refractivity (Wildman–Crippen MR) is 156 cm³/mol. The van der Waals surface area contributed by atoms with Gasteiger partial charge in [-0.15, -0.1) is 0 Å². The van der Waals surface area contributed by atoms with Crippen molar-refractivity contribution in [3.05, 3.63) is 113 Å². The standard InChI is InChI=1S/C31H29ClN5O3/c1-19-9-11-27(33-15-19)30(39)35-25-7-3-5-23(20(25)2)24-6-4-8-26(29(24)32)36-31(40)28-12-10-21(16-34-28)17-37-14-13-22(38)18-37/h3-12,15-16,22,38H,1,13-14,17-18H2,2H3,(H,35,39)(H,36,40)/t22-/m1/s1. The predicted octanol–water partition coefficient (Wildman–Crippen LogP) is 5.36. The lowest BCUT2D eigenvalue weighted by Crippen LogP contribution is -2.21. The van der Waals surface area contributed by atoms with Gasteiger partial charge in [0.1, 0.15) is 11.4 Å². The van der Waals surface area contributed by atoms with Gasteiger partial charge in [0.25, 0.3) is 11.8 Å². The number of anilines is 2. The third kappa shape index (κ3) is 6.20. The van der Waals surface area contributed by atoms with Gasteiger partial charge in [0.2, 0.25) is 0 Å². The van der Waals surface area contributed by atoms with Crippen molar-refractivity contribution in [1.29, 1.82) is 0 Å². The van der Waals surface area contributed by atoms with Crippen molar-refractivity contribution in [3.8, 4) is 11.1 Å². The smallest absolute Gasteiger partial charge is 0.274 e. The highest BCUT2D eigenvalue weighted by Gasteiger charge is 2.21. The fraction of sp³-hybridized carbons (Fsp3) is 0.194. The Labute approximate surface area is 238 Å². The van der Waals surface area contributed by atoms with Gasteiger partial charge in [-0.1, -0.05) is 48.0 Å². The van der Waals surface area contributed by atoms with E-state index < -0.39 is 0 Å². The first-order chi connectivity index (χ1) is 19.3. The number of rotatable bonds is 7. The minimum atomic E-state index is -0.374. The number of aromatic nitrogens is 2. The summed E-state index contributed by atoms with van der Waals surface area (Å²) in [5.74, 6) is -0.704. The maximum atomic E-state index is 13.0. The van der Waals surface area contributed by atoms with Crippen LogP contribution in [0.3, 0.4) is 0 Å². The van der Waals surface area contributed by atoms with Crippen molar-refractivity contribution in [2.24, 2.45) is 0 Å². The molecular weight excluding hydrogens is 526 g/mol. The van der Waals surface area contributed by atoms with E-state index in [1.54, 1.807) is 36.7 Å². The molecule has 1 aliphatic heterocycles. The summed E-state index contributed by atoms with van der Waals surface area (Å²) in [5, 5.41) is 15.9. The molecule has 0 aliphatic carbocycles. The first-order valence-electron chi connectivity index (χ1n) is 12.9. The van der Waals surface area contributed by atoms with Gasteiger partial charge in [0, 0.05) is 43.3 Å². The minimum Gasteiger partial charge on any atom is -0.392 e. The third-order valence-corrected chi connectivity index (χ3v) is 7.29. The number of aliphatic hydroxyl groups is 1. The second-order valence-corrected chi connectivity index (χ2v) is 10.2. The number of halogens is 1. The number of amides is 2. The largest absolute Gasteiger partial charge is 0.392 e. The highest BCUT2D eigenvalue weighted by molar-refractivity contribution is 6.36. The Bertz CT molecular complexity index is 1540. The number of carbonyl (C=O) groups is 2. The molecule has 1 radical (unpaired) electrons. The number of nitrogens with zero attached hydrogens (tertiary/aromatic N) is 3. The zero-order valence-corrected chi connectivity index (χ0v) is 22.8. The van der Waals surface area contributed by atoms with Gasteiger partial charge >= 0.3 is 0 Å². The molecule has 0 unspecified atom stereocenters. The molecule has 5 rings (SSSR count). The number of hydrogen-bond donors (Lipinski definition) is 3. The molecule has 9 heteroatoms. The number of β-amino-alcohol motifs (C(OH)–C–C–N with tert-alkyl or cyclic N) is 1. The van der Waals surface area contributed by atoms with Crippen LogP contribution in [0.5, 0.6) is 0 Å². The second kappa shape index (κ2) is 12.0. The lowest BCUT2D eigenvalue weighted by atomic mass is 9.98.